The Morgan fingerprint density at radius 1 is 1.33 bits per heavy atom. The Bertz CT molecular complexity index is 836. The first-order chi connectivity index (χ1) is 11.8. The first-order valence-corrected chi connectivity index (χ1v) is 8.14. The molecule has 4 rings (SSSR count). The van der Waals surface area contributed by atoms with Crippen molar-refractivity contribution < 1.29 is 8.91 Å². The molecule has 8 heteroatoms. The number of likely N-dealkylation sites (tertiary alicyclic amines) is 1. The van der Waals surface area contributed by atoms with Crippen LogP contribution in [0.25, 0.3) is 22.3 Å². The second kappa shape index (κ2) is 6.29. The van der Waals surface area contributed by atoms with Crippen LogP contribution in [-0.2, 0) is 0 Å². The van der Waals surface area contributed by atoms with Crippen molar-refractivity contribution in [2.75, 3.05) is 26.2 Å². The van der Waals surface area contributed by atoms with Crippen LogP contribution < -0.4 is 5.73 Å². The summed E-state index contributed by atoms with van der Waals surface area (Å²) in [5, 5.41) is 11.4. The highest BCUT2D eigenvalue weighted by atomic mass is 19.1. The van der Waals surface area contributed by atoms with Gasteiger partial charge in [-0.1, -0.05) is 5.16 Å². The van der Waals surface area contributed by atoms with Gasteiger partial charge >= 0.3 is 0 Å². The zero-order valence-corrected chi connectivity index (χ0v) is 13.2. The van der Waals surface area contributed by atoms with E-state index < -0.39 is 0 Å². The molecule has 0 saturated carbocycles. The Morgan fingerprint density at radius 2 is 2.17 bits per heavy atom. The van der Waals surface area contributed by atoms with Crippen LogP contribution >= 0.6 is 0 Å². The molecule has 0 unspecified atom stereocenters. The van der Waals surface area contributed by atoms with Crippen LogP contribution in [0.3, 0.4) is 0 Å². The van der Waals surface area contributed by atoms with Crippen LogP contribution in [0.1, 0.15) is 24.7 Å². The van der Waals surface area contributed by atoms with Gasteiger partial charge in [-0.2, -0.15) is 10.1 Å². The lowest BCUT2D eigenvalue weighted by Gasteiger charge is -2.29. The maximum Gasteiger partial charge on any atom is 0.230 e. The molecule has 3 heterocycles. The number of aromatic amines is 1. The summed E-state index contributed by atoms with van der Waals surface area (Å²) in [4.78, 5) is 6.80. The van der Waals surface area contributed by atoms with Crippen molar-refractivity contribution in [1.82, 2.24) is 25.2 Å². The molecule has 1 fully saturated rings. The average Bonchev–Trinajstić information content (AvgIpc) is 3.25. The van der Waals surface area contributed by atoms with Crippen molar-refractivity contribution in [1.29, 1.82) is 0 Å². The van der Waals surface area contributed by atoms with Crippen LogP contribution in [0.5, 0.6) is 0 Å². The summed E-state index contributed by atoms with van der Waals surface area (Å²) >= 11 is 0. The number of piperidine rings is 1. The summed E-state index contributed by atoms with van der Waals surface area (Å²) in [6.45, 7) is 3.51. The smallest absolute Gasteiger partial charge is 0.230 e. The summed E-state index contributed by atoms with van der Waals surface area (Å²) in [5.74, 6) is 0.692. The van der Waals surface area contributed by atoms with Gasteiger partial charge < -0.3 is 15.2 Å². The fourth-order valence-corrected chi connectivity index (χ4v) is 3.31. The molecule has 7 nitrogen and oxygen atoms in total. The number of halogens is 1. The first-order valence-electron chi connectivity index (χ1n) is 8.14. The van der Waals surface area contributed by atoms with E-state index in [0.717, 1.165) is 38.0 Å². The highest BCUT2D eigenvalue weighted by Crippen LogP contribution is 2.32. The molecule has 0 bridgehead atoms. The molecule has 0 atom stereocenters. The maximum absolute atomic E-state index is 14.3. The number of benzene rings is 1. The van der Waals surface area contributed by atoms with Gasteiger partial charge in [0.2, 0.25) is 11.7 Å². The third kappa shape index (κ3) is 2.67. The van der Waals surface area contributed by atoms with Crippen LogP contribution in [0.4, 0.5) is 4.39 Å². The zero-order chi connectivity index (χ0) is 16.5. The molecule has 1 aliphatic rings. The zero-order valence-electron chi connectivity index (χ0n) is 13.2. The van der Waals surface area contributed by atoms with Gasteiger partial charge in [0.1, 0.15) is 5.82 Å². The summed E-state index contributed by atoms with van der Waals surface area (Å²) < 4.78 is 19.7. The Morgan fingerprint density at radius 3 is 2.96 bits per heavy atom. The van der Waals surface area contributed by atoms with Gasteiger partial charge in [-0.05, 0) is 38.1 Å². The van der Waals surface area contributed by atoms with E-state index in [9.17, 15) is 4.39 Å². The SMILES string of the molecule is NCCN1CCC(c2nc(-c3c(F)ccc4[nH]ncc34)no2)CC1. The largest absolute Gasteiger partial charge is 0.339 e. The number of hydrogen-bond acceptors (Lipinski definition) is 6. The van der Waals surface area contributed by atoms with Gasteiger partial charge in [-0.25, -0.2) is 4.39 Å². The number of fused-ring (bicyclic) bond motifs is 1. The summed E-state index contributed by atoms with van der Waals surface area (Å²) in [5.41, 5.74) is 6.67. The second-order valence-electron chi connectivity index (χ2n) is 6.11. The molecule has 1 saturated heterocycles. The van der Waals surface area contributed by atoms with E-state index in [1.807, 2.05) is 0 Å². The number of nitrogens with one attached hydrogen (secondary N) is 1. The molecule has 0 radical (unpaired) electrons. The van der Waals surface area contributed by atoms with Crippen molar-refractivity contribution in [2.24, 2.45) is 5.73 Å². The molecule has 24 heavy (non-hydrogen) atoms. The van der Waals surface area contributed by atoms with E-state index in [4.69, 9.17) is 10.3 Å². The van der Waals surface area contributed by atoms with Gasteiger partial charge in [0.25, 0.3) is 0 Å². The van der Waals surface area contributed by atoms with E-state index in [0.29, 0.717) is 23.4 Å². The van der Waals surface area contributed by atoms with E-state index in [1.54, 1.807) is 12.3 Å². The third-order valence-corrected chi connectivity index (χ3v) is 4.62. The lowest BCUT2D eigenvalue weighted by molar-refractivity contribution is 0.198. The van der Waals surface area contributed by atoms with E-state index in [1.165, 1.54) is 6.07 Å². The number of hydrogen-bond donors (Lipinski definition) is 2. The number of H-pyrrole nitrogens is 1. The van der Waals surface area contributed by atoms with Crippen molar-refractivity contribution in [3.8, 4) is 11.4 Å². The second-order valence-corrected chi connectivity index (χ2v) is 6.11. The minimum Gasteiger partial charge on any atom is -0.339 e. The average molecular weight is 330 g/mol. The van der Waals surface area contributed by atoms with Crippen molar-refractivity contribution in [3.63, 3.8) is 0 Å². The lowest BCUT2D eigenvalue weighted by atomic mass is 9.97. The fourth-order valence-electron chi connectivity index (χ4n) is 3.31. The van der Waals surface area contributed by atoms with Crippen LogP contribution in [0.2, 0.25) is 0 Å². The first kappa shape index (κ1) is 15.2. The molecule has 1 aromatic carbocycles. The van der Waals surface area contributed by atoms with E-state index in [-0.39, 0.29) is 17.6 Å². The molecule has 1 aliphatic heterocycles. The molecule has 0 amide bonds. The quantitative estimate of drug-likeness (QED) is 0.758. The fraction of sp³-hybridized carbons (Fsp3) is 0.438. The van der Waals surface area contributed by atoms with Crippen LogP contribution in [0.15, 0.2) is 22.9 Å². The summed E-state index contributed by atoms with van der Waals surface area (Å²) in [6, 6.07) is 3.03. The van der Waals surface area contributed by atoms with Crippen molar-refractivity contribution in [2.45, 2.75) is 18.8 Å². The topological polar surface area (TPSA) is 96.9 Å². The van der Waals surface area contributed by atoms with E-state index in [2.05, 4.69) is 25.2 Å². The third-order valence-electron chi connectivity index (χ3n) is 4.62. The van der Waals surface area contributed by atoms with Crippen molar-refractivity contribution >= 4 is 10.9 Å². The standard InChI is InChI=1S/C16H19FN6O/c17-12-1-2-13-11(9-19-21-13)14(12)15-20-16(24-22-15)10-3-6-23(7-4-10)8-5-18/h1-2,9-10H,3-8,18H2,(H,19,21). The van der Waals surface area contributed by atoms with Crippen molar-refractivity contribution in [3.05, 3.63) is 30.0 Å². The number of aromatic nitrogens is 4. The Labute approximate surface area is 138 Å². The number of nitrogens with zero attached hydrogens (tertiary/aromatic N) is 4. The normalized spacial score (nSPS) is 16.9. The maximum atomic E-state index is 14.3. The van der Waals surface area contributed by atoms with Gasteiger partial charge in [0.15, 0.2) is 0 Å². The summed E-state index contributed by atoms with van der Waals surface area (Å²) in [6.07, 6.45) is 3.47. The number of rotatable bonds is 4. The minimum atomic E-state index is -0.381. The van der Waals surface area contributed by atoms with Gasteiger partial charge in [0.05, 0.1) is 17.3 Å². The molecule has 126 valence electrons. The monoisotopic (exact) mass is 330 g/mol. The van der Waals surface area contributed by atoms with E-state index >= 15 is 0 Å². The van der Waals surface area contributed by atoms with Gasteiger partial charge in [-0.15, -0.1) is 0 Å². The Balaban J connectivity index is 1.59. The van der Waals surface area contributed by atoms with Crippen LogP contribution in [0, 0.1) is 5.82 Å². The molecule has 3 aromatic rings. The molecule has 3 N–H and O–H groups in total. The minimum absolute atomic E-state index is 0.215. The lowest BCUT2D eigenvalue weighted by Crippen LogP contribution is -2.36. The predicted molar refractivity (Wildman–Crippen MR) is 86.8 cm³/mol. The number of nitrogens with two attached hydrogens (primary N) is 1. The Hall–Kier alpha value is -2.32. The van der Waals surface area contributed by atoms with Crippen LogP contribution in [-0.4, -0.2) is 51.4 Å². The highest BCUT2D eigenvalue weighted by molar-refractivity contribution is 5.92. The predicted octanol–water partition coefficient (Wildman–Crippen LogP) is 1.89. The Kier molecular flexibility index (Phi) is 3.99. The van der Waals surface area contributed by atoms with Gasteiger partial charge in [-0.3, -0.25) is 5.10 Å². The molecular weight excluding hydrogens is 311 g/mol. The molecule has 0 spiro atoms. The molecule has 0 aliphatic carbocycles. The van der Waals surface area contributed by atoms with Gasteiger partial charge in [0, 0.05) is 24.4 Å². The molecular formula is C16H19FN6O. The summed E-state index contributed by atoms with van der Waals surface area (Å²) in [7, 11) is 0. The highest BCUT2D eigenvalue weighted by Gasteiger charge is 2.26. The molecule has 2 aromatic heterocycles.